The molecule has 1 aromatic carbocycles. The number of fused-ring (bicyclic) bond motifs is 1. The van der Waals surface area contributed by atoms with Gasteiger partial charge in [-0.2, -0.15) is 0 Å². The molecule has 1 aliphatic rings. The number of imidazole rings is 1. The third-order valence-corrected chi connectivity index (χ3v) is 3.08. The third kappa shape index (κ3) is 1.71. The number of hydrogen-bond donors (Lipinski definition) is 1. The van der Waals surface area contributed by atoms with E-state index >= 15 is 0 Å². The molecular weight excluding hydrogens is 214 g/mol. The van der Waals surface area contributed by atoms with Crippen molar-refractivity contribution >= 4 is 11.6 Å². The van der Waals surface area contributed by atoms with Crippen molar-refractivity contribution < 1.29 is 4.79 Å². The molecule has 0 spiro atoms. The second-order valence-corrected chi connectivity index (χ2v) is 4.15. The van der Waals surface area contributed by atoms with Gasteiger partial charge in [-0.15, -0.1) is 0 Å². The van der Waals surface area contributed by atoms with Crippen molar-refractivity contribution in [2.45, 2.75) is 12.8 Å². The lowest BCUT2D eigenvalue weighted by Crippen LogP contribution is -2.35. The summed E-state index contributed by atoms with van der Waals surface area (Å²) in [7, 11) is 0. The molecule has 0 atom stereocenters. The van der Waals surface area contributed by atoms with Crippen molar-refractivity contribution in [3.05, 3.63) is 48.0 Å². The number of carbonyl (C=O) groups is 1. The fraction of sp³-hybridized carbons (Fsp3) is 0.231. The van der Waals surface area contributed by atoms with Crippen LogP contribution in [0, 0.1) is 0 Å². The Balaban J connectivity index is 1.98. The average molecular weight is 227 g/mol. The summed E-state index contributed by atoms with van der Waals surface area (Å²) in [4.78, 5) is 20.9. The van der Waals surface area contributed by atoms with Gasteiger partial charge in [0.05, 0.1) is 12.5 Å². The molecule has 17 heavy (non-hydrogen) atoms. The molecule has 0 unspecified atom stereocenters. The number of benzene rings is 1. The van der Waals surface area contributed by atoms with Crippen molar-refractivity contribution in [2.75, 3.05) is 11.4 Å². The minimum atomic E-state index is -0.00495. The fourth-order valence-corrected chi connectivity index (χ4v) is 2.26. The molecule has 1 aromatic heterocycles. The third-order valence-electron chi connectivity index (χ3n) is 3.08. The minimum Gasteiger partial charge on any atom is -0.341 e. The Morgan fingerprint density at radius 2 is 2.24 bits per heavy atom. The molecular formula is C13H13N3O. The highest BCUT2D eigenvalue weighted by Crippen LogP contribution is 2.27. The monoisotopic (exact) mass is 227 g/mol. The van der Waals surface area contributed by atoms with E-state index in [4.69, 9.17) is 0 Å². The van der Waals surface area contributed by atoms with Gasteiger partial charge in [0.2, 0.25) is 0 Å². The number of para-hydroxylation sites is 1. The number of hydrogen-bond acceptors (Lipinski definition) is 2. The number of aromatic amines is 1. The van der Waals surface area contributed by atoms with Crippen LogP contribution in [-0.4, -0.2) is 22.4 Å². The predicted molar refractivity (Wildman–Crippen MR) is 65.0 cm³/mol. The zero-order valence-corrected chi connectivity index (χ0v) is 9.39. The minimum absolute atomic E-state index is 0.00495. The summed E-state index contributed by atoms with van der Waals surface area (Å²) in [6.45, 7) is 0.773. The second-order valence-electron chi connectivity index (χ2n) is 4.15. The maximum atomic E-state index is 12.3. The first-order valence-electron chi connectivity index (χ1n) is 5.74. The van der Waals surface area contributed by atoms with E-state index in [0.29, 0.717) is 5.69 Å². The van der Waals surface area contributed by atoms with Gasteiger partial charge < -0.3 is 9.88 Å². The maximum absolute atomic E-state index is 12.3. The highest BCUT2D eigenvalue weighted by molar-refractivity contribution is 6.05. The molecule has 0 saturated heterocycles. The van der Waals surface area contributed by atoms with Crippen LogP contribution in [0.25, 0.3) is 0 Å². The number of aromatic nitrogens is 2. The molecule has 1 amide bonds. The number of rotatable bonds is 1. The molecule has 0 radical (unpaired) electrons. The summed E-state index contributed by atoms with van der Waals surface area (Å²) in [5.74, 6) is -0.00495. The maximum Gasteiger partial charge on any atom is 0.276 e. The van der Waals surface area contributed by atoms with Crippen LogP contribution >= 0.6 is 0 Å². The van der Waals surface area contributed by atoms with Gasteiger partial charge in [-0.05, 0) is 24.5 Å². The van der Waals surface area contributed by atoms with Crippen molar-refractivity contribution in [1.29, 1.82) is 0 Å². The number of nitrogens with zero attached hydrogens (tertiary/aromatic N) is 2. The van der Waals surface area contributed by atoms with Gasteiger partial charge in [0, 0.05) is 12.2 Å². The quantitative estimate of drug-likeness (QED) is 0.810. The van der Waals surface area contributed by atoms with Gasteiger partial charge in [-0.3, -0.25) is 4.79 Å². The van der Waals surface area contributed by atoms with Crippen LogP contribution in [0.4, 0.5) is 5.69 Å². The number of aryl methyl sites for hydroxylation is 1. The van der Waals surface area contributed by atoms with E-state index in [0.717, 1.165) is 25.1 Å². The number of nitrogens with one attached hydrogen (secondary N) is 1. The first-order valence-corrected chi connectivity index (χ1v) is 5.74. The number of H-pyrrole nitrogens is 1. The van der Waals surface area contributed by atoms with E-state index in [1.807, 2.05) is 23.1 Å². The van der Waals surface area contributed by atoms with Crippen molar-refractivity contribution in [3.8, 4) is 0 Å². The number of carbonyl (C=O) groups excluding carboxylic acids is 1. The van der Waals surface area contributed by atoms with Crippen LogP contribution in [0.1, 0.15) is 22.5 Å². The van der Waals surface area contributed by atoms with Gasteiger partial charge in [0.1, 0.15) is 5.69 Å². The molecule has 4 heteroatoms. The Hall–Kier alpha value is -2.10. The zero-order valence-electron chi connectivity index (χ0n) is 9.39. The SMILES string of the molecule is O=C(c1cnc[nH]1)N1CCCc2ccccc21. The van der Waals surface area contributed by atoms with E-state index < -0.39 is 0 Å². The Labute approximate surface area is 99.3 Å². The van der Waals surface area contributed by atoms with Gasteiger partial charge in [0.25, 0.3) is 5.91 Å². The first kappa shape index (κ1) is 10.1. The molecule has 0 saturated carbocycles. The molecule has 2 aromatic rings. The van der Waals surface area contributed by atoms with E-state index in [1.54, 1.807) is 6.20 Å². The molecule has 1 aliphatic heterocycles. The van der Waals surface area contributed by atoms with Crippen molar-refractivity contribution in [1.82, 2.24) is 9.97 Å². The lowest BCUT2D eigenvalue weighted by atomic mass is 10.0. The normalized spacial score (nSPS) is 14.5. The topological polar surface area (TPSA) is 49.0 Å². The lowest BCUT2D eigenvalue weighted by Gasteiger charge is -2.28. The molecule has 2 heterocycles. The fourth-order valence-electron chi connectivity index (χ4n) is 2.26. The summed E-state index contributed by atoms with van der Waals surface area (Å²) in [6.07, 6.45) is 5.16. The number of amides is 1. The van der Waals surface area contributed by atoms with E-state index in [-0.39, 0.29) is 5.91 Å². The Kier molecular flexibility index (Phi) is 2.40. The lowest BCUT2D eigenvalue weighted by molar-refractivity contribution is 0.0981. The molecule has 1 N–H and O–H groups in total. The highest BCUT2D eigenvalue weighted by atomic mass is 16.2. The predicted octanol–water partition coefficient (Wildman–Crippen LogP) is 2.00. The van der Waals surface area contributed by atoms with Crippen LogP contribution in [0.15, 0.2) is 36.8 Å². The molecule has 0 bridgehead atoms. The van der Waals surface area contributed by atoms with E-state index in [2.05, 4.69) is 16.0 Å². The average Bonchev–Trinajstić information content (AvgIpc) is 2.91. The van der Waals surface area contributed by atoms with E-state index in [1.165, 1.54) is 11.9 Å². The summed E-state index contributed by atoms with van der Waals surface area (Å²) >= 11 is 0. The van der Waals surface area contributed by atoms with Gasteiger partial charge in [-0.1, -0.05) is 18.2 Å². The second kappa shape index (κ2) is 4.05. The molecule has 3 rings (SSSR count). The van der Waals surface area contributed by atoms with Crippen LogP contribution in [0.2, 0.25) is 0 Å². The van der Waals surface area contributed by atoms with Crippen LogP contribution in [-0.2, 0) is 6.42 Å². The molecule has 0 aliphatic carbocycles. The number of anilines is 1. The molecule has 0 fully saturated rings. The first-order chi connectivity index (χ1) is 8.36. The van der Waals surface area contributed by atoms with Crippen LogP contribution < -0.4 is 4.90 Å². The van der Waals surface area contributed by atoms with Gasteiger partial charge in [0.15, 0.2) is 0 Å². The Morgan fingerprint density at radius 1 is 1.35 bits per heavy atom. The molecule has 4 nitrogen and oxygen atoms in total. The summed E-state index contributed by atoms with van der Waals surface area (Å²) in [5.41, 5.74) is 2.81. The molecule has 86 valence electrons. The summed E-state index contributed by atoms with van der Waals surface area (Å²) in [5, 5.41) is 0. The van der Waals surface area contributed by atoms with Crippen LogP contribution in [0.5, 0.6) is 0 Å². The van der Waals surface area contributed by atoms with Crippen molar-refractivity contribution in [2.24, 2.45) is 0 Å². The summed E-state index contributed by atoms with van der Waals surface area (Å²) in [6, 6.07) is 8.07. The standard InChI is InChI=1S/C13H13N3O/c17-13(11-8-14-9-15-11)16-7-3-5-10-4-1-2-6-12(10)16/h1-2,4,6,8-9H,3,5,7H2,(H,14,15). The highest BCUT2D eigenvalue weighted by Gasteiger charge is 2.23. The Morgan fingerprint density at radius 3 is 3.06 bits per heavy atom. The van der Waals surface area contributed by atoms with Gasteiger partial charge in [-0.25, -0.2) is 4.98 Å². The Bertz CT molecular complexity index is 533. The summed E-state index contributed by atoms with van der Waals surface area (Å²) < 4.78 is 0. The van der Waals surface area contributed by atoms with Gasteiger partial charge >= 0.3 is 0 Å². The van der Waals surface area contributed by atoms with Crippen molar-refractivity contribution in [3.63, 3.8) is 0 Å². The smallest absolute Gasteiger partial charge is 0.276 e. The van der Waals surface area contributed by atoms with E-state index in [9.17, 15) is 4.79 Å². The zero-order chi connectivity index (χ0) is 11.7. The largest absolute Gasteiger partial charge is 0.341 e. The van der Waals surface area contributed by atoms with Crippen LogP contribution in [0.3, 0.4) is 0 Å².